The molecule has 16 heavy (non-hydrogen) atoms. The Balaban J connectivity index is 2.61. The zero-order chi connectivity index (χ0) is 12.0. The van der Waals surface area contributed by atoms with E-state index in [0.717, 1.165) is 11.3 Å². The molecule has 0 aromatic heterocycles. The third kappa shape index (κ3) is 3.48. The molecule has 0 saturated heterocycles. The molecule has 4 N–H and O–H groups in total. The van der Waals surface area contributed by atoms with Gasteiger partial charge < -0.3 is 20.9 Å². The average Bonchev–Trinajstić information content (AvgIpc) is 2.35. The highest BCUT2D eigenvalue weighted by Crippen LogP contribution is 2.23. The van der Waals surface area contributed by atoms with Crippen LogP contribution in [0, 0.1) is 0 Å². The second kappa shape index (κ2) is 6.48. The first kappa shape index (κ1) is 13.0. The minimum absolute atomic E-state index is 0.00829. The summed E-state index contributed by atoms with van der Waals surface area (Å²) in [4.78, 5) is 0. The highest BCUT2D eigenvalue weighted by Gasteiger charge is 2.11. The first-order chi connectivity index (χ1) is 7.69. The molecule has 2 atom stereocenters. The number of nitrogens with two attached hydrogens (primary N) is 1. The zero-order valence-electron chi connectivity index (χ0n) is 9.81. The maximum Gasteiger partial charge on any atom is 0.123 e. The number of hydrogen-bond acceptors (Lipinski definition) is 4. The molecule has 1 unspecified atom stereocenters. The Kier molecular flexibility index (Phi) is 5.25. The van der Waals surface area contributed by atoms with Crippen molar-refractivity contribution in [3.05, 3.63) is 29.8 Å². The van der Waals surface area contributed by atoms with E-state index < -0.39 is 0 Å². The normalized spacial score (nSPS) is 14.5. The third-order valence-electron chi connectivity index (χ3n) is 2.53. The summed E-state index contributed by atoms with van der Waals surface area (Å²) in [5, 5.41) is 12.1. The van der Waals surface area contributed by atoms with Gasteiger partial charge >= 0.3 is 0 Å². The molecule has 90 valence electrons. The fraction of sp³-hybridized carbons (Fsp3) is 0.500. The van der Waals surface area contributed by atoms with E-state index in [2.05, 4.69) is 5.32 Å². The Morgan fingerprint density at radius 2 is 2.12 bits per heavy atom. The van der Waals surface area contributed by atoms with E-state index in [0.29, 0.717) is 6.54 Å². The molecule has 1 rings (SSSR count). The minimum Gasteiger partial charge on any atom is -0.496 e. The molecule has 0 saturated carbocycles. The van der Waals surface area contributed by atoms with Gasteiger partial charge in [-0.15, -0.1) is 0 Å². The summed E-state index contributed by atoms with van der Waals surface area (Å²) in [6.07, 6.45) is 0. The highest BCUT2D eigenvalue weighted by molar-refractivity contribution is 5.35. The van der Waals surface area contributed by atoms with Gasteiger partial charge in [0.15, 0.2) is 0 Å². The molecular formula is C12H20N2O2. The Morgan fingerprint density at radius 3 is 2.75 bits per heavy atom. The predicted octanol–water partition coefficient (Wildman–Crippen LogP) is 0.665. The molecule has 0 spiro atoms. The molecule has 0 aliphatic heterocycles. The lowest BCUT2D eigenvalue weighted by Gasteiger charge is -2.18. The van der Waals surface area contributed by atoms with E-state index in [1.807, 2.05) is 31.2 Å². The zero-order valence-corrected chi connectivity index (χ0v) is 9.81. The predicted molar refractivity (Wildman–Crippen MR) is 64.5 cm³/mol. The molecule has 0 aliphatic rings. The Hall–Kier alpha value is -1.10. The molecule has 0 fully saturated rings. The van der Waals surface area contributed by atoms with Gasteiger partial charge in [-0.1, -0.05) is 18.2 Å². The van der Waals surface area contributed by atoms with Gasteiger partial charge in [0.25, 0.3) is 0 Å². The molecule has 4 nitrogen and oxygen atoms in total. The summed E-state index contributed by atoms with van der Waals surface area (Å²) >= 11 is 0. The Morgan fingerprint density at radius 1 is 1.44 bits per heavy atom. The van der Waals surface area contributed by atoms with E-state index >= 15 is 0 Å². The summed E-state index contributed by atoms with van der Waals surface area (Å²) in [7, 11) is 1.66. The number of para-hydroxylation sites is 1. The molecule has 0 bridgehead atoms. The van der Waals surface area contributed by atoms with E-state index in [1.165, 1.54) is 0 Å². The number of nitrogens with one attached hydrogen (secondary N) is 1. The van der Waals surface area contributed by atoms with Gasteiger partial charge in [-0.25, -0.2) is 0 Å². The van der Waals surface area contributed by atoms with Crippen LogP contribution in [-0.2, 0) is 0 Å². The number of hydrogen-bond donors (Lipinski definition) is 3. The lowest BCUT2D eigenvalue weighted by molar-refractivity contribution is 0.259. The van der Waals surface area contributed by atoms with Crippen molar-refractivity contribution < 1.29 is 9.84 Å². The van der Waals surface area contributed by atoms with Gasteiger partial charge in [0, 0.05) is 24.2 Å². The van der Waals surface area contributed by atoms with Crippen LogP contribution in [0.25, 0.3) is 0 Å². The average molecular weight is 224 g/mol. The number of aliphatic hydroxyl groups excluding tert-OH is 1. The van der Waals surface area contributed by atoms with Crippen LogP contribution in [0.3, 0.4) is 0 Å². The number of rotatable bonds is 6. The summed E-state index contributed by atoms with van der Waals surface area (Å²) in [5.41, 5.74) is 6.72. The topological polar surface area (TPSA) is 67.5 Å². The number of ether oxygens (including phenoxy) is 1. The first-order valence-corrected chi connectivity index (χ1v) is 5.41. The summed E-state index contributed by atoms with van der Waals surface area (Å²) < 4.78 is 5.28. The van der Waals surface area contributed by atoms with Crippen LogP contribution >= 0.6 is 0 Å². The molecular weight excluding hydrogens is 204 g/mol. The van der Waals surface area contributed by atoms with Gasteiger partial charge in [0.1, 0.15) is 5.75 Å². The maximum absolute atomic E-state index is 8.83. The van der Waals surface area contributed by atoms with Crippen molar-refractivity contribution in [2.45, 2.75) is 19.0 Å². The maximum atomic E-state index is 8.83. The minimum atomic E-state index is -0.225. The molecule has 0 amide bonds. The molecule has 0 heterocycles. The number of benzene rings is 1. The van der Waals surface area contributed by atoms with E-state index in [4.69, 9.17) is 15.6 Å². The van der Waals surface area contributed by atoms with Crippen LogP contribution in [0.15, 0.2) is 24.3 Å². The van der Waals surface area contributed by atoms with Crippen LogP contribution in [0.4, 0.5) is 0 Å². The standard InChI is InChI=1S/C12H20N2O2/c1-9(14-7-10(13)8-15)11-5-3-4-6-12(11)16-2/h3-6,9-10,14-15H,7-8,13H2,1-2H3/t9-,10?/m0/s1. The largest absolute Gasteiger partial charge is 0.496 e. The summed E-state index contributed by atoms with van der Waals surface area (Å²) in [6.45, 7) is 2.61. The second-order valence-corrected chi connectivity index (χ2v) is 3.81. The third-order valence-corrected chi connectivity index (χ3v) is 2.53. The van der Waals surface area contributed by atoms with E-state index in [9.17, 15) is 0 Å². The molecule has 1 aromatic rings. The quantitative estimate of drug-likeness (QED) is 0.664. The monoisotopic (exact) mass is 224 g/mol. The summed E-state index contributed by atoms with van der Waals surface area (Å²) in [6, 6.07) is 7.78. The SMILES string of the molecule is COc1ccccc1[C@H](C)NCC(N)CO. The van der Waals surface area contributed by atoms with Crippen molar-refractivity contribution >= 4 is 0 Å². The number of aliphatic hydroxyl groups is 1. The molecule has 0 aliphatic carbocycles. The van der Waals surface area contributed by atoms with Crippen molar-refractivity contribution in [3.63, 3.8) is 0 Å². The van der Waals surface area contributed by atoms with Gasteiger partial charge in [0.05, 0.1) is 13.7 Å². The van der Waals surface area contributed by atoms with Crippen molar-refractivity contribution in [1.82, 2.24) is 5.32 Å². The van der Waals surface area contributed by atoms with Gasteiger partial charge in [-0.2, -0.15) is 0 Å². The smallest absolute Gasteiger partial charge is 0.123 e. The van der Waals surface area contributed by atoms with Crippen LogP contribution in [-0.4, -0.2) is 31.4 Å². The van der Waals surface area contributed by atoms with Crippen molar-refractivity contribution in [1.29, 1.82) is 0 Å². The van der Waals surface area contributed by atoms with Crippen LogP contribution in [0.5, 0.6) is 5.75 Å². The van der Waals surface area contributed by atoms with Crippen LogP contribution < -0.4 is 15.8 Å². The summed E-state index contributed by atoms with van der Waals surface area (Å²) in [5.74, 6) is 0.861. The van der Waals surface area contributed by atoms with Crippen LogP contribution in [0.1, 0.15) is 18.5 Å². The lowest BCUT2D eigenvalue weighted by atomic mass is 10.1. The molecule has 4 heteroatoms. The Bertz CT molecular complexity index is 318. The molecule has 1 aromatic carbocycles. The van der Waals surface area contributed by atoms with Crippen LogP contribution in [0.2, 0.25) is 0 Å². The van der Waals surface area contributed by atoms with E-state index in [1.54, 1.807) is 7.11 Å². The van der Waals surface area contributed by atoms with Crippen molar-refractivity contribution in [2.24, 2.45) is 5.73 Å². The first-order valence-electron chi connectivity index (χ1n) is 5.41. The van der Waals surface area contributed by atoms with Gasteiger partial charge in [-0.3, -0.25) is 0 Å². The fourth-order valence-electron chi connectivity index (χ4n) is 1.53. The van der Waals surface area contributed by atoms with Crippen molar-refractivity contribution in [2.75, 3.05) is 20.3 Å². The van der Waals surface area contributed by atoms with Gasteiger partial charge in [-0.05, 0) is 13.0 Å². The fourth-order valence-corrected chi connectivity index (χ4v) is 1.53. The molecule has 0 radical (unpaired) electrons. The highest BCUT2D eigenvalue weighted by atomic mass is 16.5. The second-order valence-electron chi connectivity index (χ2n) is 3.81. The number of methoxy groups -OCH3 is 1. The van der Waals surface area contributed by atoms with E-state index in [-0.39, 0.29) is 18.7 Å². The Labute approximate surface area is 96.4 Å². The lowest BCUT2D eigenvalue weighted by Crippen LogP contribution is -2.37. The van der Waals surface area contributed by atoms with Crippen molar-refractivity contribution in [3.8, 4) is 5.75 Å². The van der Waals surface area contributed by atoms with Gasteiger partial charge in [0.2, 0.25) is 0 Å².